The van der Waals surface area contributed by atoms with Crippen molar-refractivity contribution in [3.8, 4) is 11.1 Å². The predicted molar refractivity (Wildman–Crippen MR) is 174 cm³/mol. The average Bonchev–Trinajstić information content (AvgIpc) is 3.31. The number of hydrogen-bond acceptors (Lipinski definition) is 8. The molecule has 0 unspecified atom stereocenters. The number of nitro groups is 1. The first kappa shape index (κ1) is 33.5. The van der Waals surface area contributed by atoms with Crippen LogP contribution in [0, 0.1) is 10.1 Å². The molecule has 0 aliphatic carbocycles. The van der Waals surface area contributed by atoms with E-state index in [9.17, 15) is 41.3 Å². The lowest BCUT2D eigenvalue weighted by Crippen LogP contribution is -2.51. The molecule has 1 aliphatic heterocycles. The van der Waals surface area contributed by atoms with Crippen molar-refractivity contribution in [1.82, 2.24) is 9.62 Å². The van der Waals surface area contributed by atoms with Crippen molar-refractivity contribution in [3.05, 3.63) is 135 Å². The average molecular weight is 698 g/mol. The molecule has 4 aromatic rings. The van der Waals surface area contributed by atoms with E-state index in [1.54, 1.807) is 60.7 Å². The summed E-state index contributed by atoms with van der Waals surface area (Å²) in [5, 5.41) is 11.0. The number of amides is 2. The third-order valence-corrected chi connectivity index (χ3v) is 9.75. The maximum atomic E-state index is 13.7. The summed E-state index contributed by atoms with van der Waals surface area (Å²) >= 11 is 6.40. The second kappa shape index (κ2) is 13.5. The highest BCUT2D eigenvalue weighted by Crippen LogP contribution is 2.36. The van der Waals surface area contributed by atoms with Gasteiger partial charge in [-0.25, -0.2) is 13.1 Å². The molecule has 1 atom stereocenters. The van der Waals surface area contributed by atoms with Gasteiger partial charge in [0.1, 0.15) is 10.4 Å². The van der Waals surface area contributed by atoms with Gasteiger partial charge in [-0.3, -0.25) is 24.6 Å². The van der Waals surface area contributed by atoms with Gasteiger partial charge in [0, 0.05) is 18.6 Å². The van der Waals surface area contributed by atoms with E-state index in [0.717, 1.165) is 53.1 Å². The van der Waals surface area contributed by atoms with Crippen LogP contribution < -0.4 is 4.72 Å². The number of non-ortho nitro benzene ring substituents is 1. The van der Waals surface area contributed by atoms with E-state index in [-0.39, 0.29) is 26.2 Å². The van der Waals surface area contributed by atoms with Crippen LogP contribution in [0.25, 0.3) is 17.2 Å². The van der Waals surface area contributed by atoms with E-state index in [2.05, 4.69) is 0 Å². The number of benzene rings is 4. The number of nitro benzene ring substituents is 1. The van der Waals surface area contributed by atoms with Gasteiger partial charge in [0.25, 0.3) is 27.5 Å². The molecule has 0 spiro atoms. The normalized spacial score (nSPS) is 15.1. The number of rotatable bonds is 9. The molecule has 4 aromatic carbocycles. The molecule has 1 fully saturated rings. The number of hydrogen-bond donors (Lipinski definition) is 1. The minimum Gasteiger partial charge on any atom is -0.280 e. The van der Waals surface area contributed by atoms with E-state index in [4.69, 9.17) is 12.2 Å². The van der Waals surface area contributed by atoms with Crippen LogP contribution in [0.1, 0.15) is 16.7 Å². The van der Waals surface area contributed by atoms with Gasteiger partial charge < -0.3 is 0 Å². The number of carbonyl (C=O) groups is 2. The highest BCUT2D eigenvalue weighted by atomic mass is 32.2. The molecule has 9 nitrogen and oxygen atoms in total. The molecule has 1 heterocycles. The summed E-state index contributed by atoms with van der Waals surface area (Å²) in [4.78, 5) is 38.3. The minimum atomic E-state index is -4.48. The summed E-state index contributed by atoms with van der Waals surface area (Å²) in [7, 11) is -4.48. The van der Waals surface area contributed by atoms with Crippen molar-refractivity contribution in [3.63, 3.8) is 0 Å². The molecular weight excluding hydrogens is 676 g/mol. The van der Waals surface area contributed by atoms with Crippen LogP contribution in [-0.4, -0.2) is 40.4 Å². The predicted octanol–water partition coefficient (Wildman–Crippen LogP) is 6.60. The van der Waals surface area contributed by atoms with Crippen LogP contribution in [-0.2, 0) is 32.2 Å². The number of sulfonamides is 1. The molecule has 5 rings (SSSR count). The highest BCUT2D eigenvalue weighted by molar-refractivity contribution is 8.26. The summed E-state index contributed by atoms with van der Waals surface area (Å²) in [6.45, 7) is 0. The summed E-state index contributed by atoms with van der Waals surface area (Å²) in [5.74, 6) is -1.67. The third kappa shape index (κ3) is 7.76. The Balaban J connectivity index is 1.38. The Bertz CT molecular complexity index is 1980. The van der Waals surface area contributed by atoms with E-state index in [0.29, 0.717) is 22.3 Å². The summed E-state index contributed by atoms with van der Waals surface area (Å²) in [5.41, 5.74) is 1.31. The zero-order valence-corrected chi connectivity index (χ0v) is 26.3. The monoisotopic (exact) mass is 697 g/mol. The van der Waals surface area contributed by atoms with Crippen molar-refractivity contribution in [2.75, 3.05) is 0 Å². The van der Waals surface area contributed by atoms with E-state index in [1.165, 1.54) is 12.1 Å². The Hall–Kier alpha value is -4.86. The maximum Gasteiger partial charge on any atom is 0.416 e. The quantitative estimate of drug-likeness (QED) is 0.0898. The molecule has 47 heavy (non-hydrogen) atoms. The molecular formula is C32H22F3N3O6S3. The van der Waals surface area contributed by atoms with Crippen molar-refractivity contribution in [1.29, 1.82) is 0 Å². The lowest BCUT2D eigenvalue weighted by atomic mass is 10.0. The van der Waals surface area contributed by atoms with Crippen LogP contribution in [0.4, 0.5) is 18.9 Å². The van der Waals surface area contributed by atoms with Gasteiger partial charge in [-0.05, 0) is 52.6 Å². The van der Waals surface area contributed by atoms with E-state index >= 15 is 0 Å². The standard InChI is InChI=1S/C32H22F3N3O6S3/c33-32(34,35)24-12-10-23(11-13-24)22-8-6-21(7-9-22)19-28-30(40)37(31(45)46-28)27(18-20-4-2-1-3-5-20)29(39)36-47(43,44)26-16-14-25(15-17-26)38(41)42/h1-17,19,27H,18H2,(H,36,39)/b28-19-/t27-/m0/s1. The van der Waals surface area contributed by atoms with Crippen molar-refractivity contribution < 1.29 is 36.1 Å². The van der Waals surface area contributed by atoms with Gasteiger partial charge in [-0.1, -0.05) is 90.7 Å². The van der Waals surface area contributed by atoms with Gasteiger partial charge in [-0.15, -0.1) is 0 Å². The number of nitrogens with zero attached hydrogens (tertiary/aromatic N) is 2. The van der Waals surface area contributed by atoms with Crippen LogP contribution in [0.5, 0.6) is 0 Å². The first-order valence-electron chi connectivity index (χ1n) is 13.6. The highest BCUT2D eigenvalue weighted by Gasteiger charge is 2.41. The van der Waals surface area contributed by atoms with Gasteiger partial charge in [0.05, 0.1) is 20.3 Å². The molecule has 1 saturated heterocycles. The molecule has 240 valence electrons. The SMILES string of the molecule is O=C(NS(=O)(=O)c1ccc([N+](=O)[O-])cc1)[C@H](Cc1ccccc1)N1C(=O)/C(=C/c2ccc(-c3ccc(C(F)(F)F)cc3)cc2)SC1=S. The number of carbonyl (C=O) groups excluding carboxylic acids is 2. The summed E-state index contributed by atoms with van der Waals surface area (Å²) < 4.78 is 66.9. The number of thioether (sulfide) groups is 1. The molecule has 0 radical (unpaired) electrons. The van der Waals surface area contributed by atoms with E-state index in [1.807, 2.05) is 4.72 Å². The van der Waals surface area contributed by atoms with Gasteiger partial charge in [-0.2, -0.15) is 13.2 Å². The number of halogens is 3. The Labute approximate surface area is 276 Å². The third-order valence-electron chi connectivity index (χ3n) is 7.06. The van der Waals surface area contributed by atoms with Crippen molar-refractivity contribution in [2.24, 2.45) is 0 Å². The Morgan fingerprint density at radius 2 is 1.51 bits per heavy atom. The zero-order valence-electron chi connectivity index (χ0n) is 23.9. The summed E-state index contributed by atoms with van der Waals surface area (Å²) in [6, 6.07) is 22.6. The fourth-order valence-corrected chi connectivity index (χ4v) is 7.04. The Morgan fingerprint density at radius 1 is 0.936 bits per heavy atom. The van der Waals surface area contributed by atoms with Crippen molar-refractivity contribution >= 4 is 61.9 Å². The Kier molecular flexibility index (Phi) is 9.60. The molecule has 2 amide bonds. The van der Waals surface area contributed by atoms with Crippen LogP contribution in [0.15, 0.2) is 113 Å². The lowest BCUT2D eigenvalue weighted by Gasteiger charge is -2.26. The second-order valence-corrected chi connectivity index (χ2v) is 13.5. The fourth-order valence-electron chi connectivity index (χ4n) is 4.67. The largest absolute Gasteiger partial charge is 0.416 e. The number of nitrogens with one attached hydrogen (secondary N) is 1. The molecule has 0 aromatic heterocycles. The van der Waals surface area contributed by atoms with Crippen LogP contribution in [0.3, 0.4) is 0 Å². The first-order valence-corrected chi connectivity index (χ1v) is 16.3. The van der Waals surface area contributed by atoms with Crippen LogP contribution >= 0.6 is 24.0 Å². The Morgan fingerprint density at radius 3 is 2.06 bits per heavy atom. The summed E-state index contributed by atoms with van der Waals surface area (Å²) in [6.07, 6.45) is -2.98. The molecule has 1 aliphatic rings. The van der Waals surface area contributed by atoms with Gasteiger partial charge in [0.15, 0.2) is 0 Å². The van der Waals surface area contributed by atoms with Crippen LogP contribution in [0.2, 0.25) is 0 Å². The topological polar surface area (TPSA) is 127 Å². The fraction of sp³-hybridized carbons (Fsp3) is 0.0938. The zero-order chi connectivity index (χ0) is 33.9. The van der Waals surface area contributed by atoms with Gasteiger partial charge >= 0.3 is 6.18 Å². The molecule has 0 bridgehead atoms. The van der Waals surface area contributed by atoms with Gasteiger partial charge in [0.2, 0.25) is 0 Å². The maximum absolute atomic E-state index is 13.7. The molecule has 0 saturated carbocycles. The minimum absolute atomic E-state index is 0.0199. The number of thiocarbonyl (C=S) groups is 1. The van der Waals surface area contributed by atoms with Crippen molar-refractivity contribution in [2.45, 2.75) is 23.5 Å². The lowest BCUT2D eigenvalue weighted by molar-refractivity contribution is -0.384. The first-order chi connectivity index (χ1) is 22.2. The smallest absolute Gasteiger partial charge is 0.280 e. The second-order valence-electron chi connectivity index (χ2n) is 10.2. The molecule has 15 heteroatoms. The number of alkyl halides is 3. The van der Waals surface area contributed by atoms with E-state index < -0.39 is 44.5 Å². The molecule has 1 N–H and O–H groups in total.